The first-order valence-corrected chi connectivity index (χ1v) is 5.63. The summed E-state index contributed by atoms with van der Waals surface area (Å²) in [5, 5.41) is 0.683. The van der Waals surface area contributed by atoms with Crippen LogP contribution in [0.4, 0.5) is 13.2 Å². The van der Waals surface area contributed by atoms with E-state index in [4.69, 9.17) is 4.74 Å². The SMILES string of the molecule is CC1=COc2cc3c(cc2=N1)C(C(F)(F)F)=CCN=3. The molecular weight excluding hydrogens is 257 g/mol. The van der Waals surface area contributed by atoms with Gasteiger partial charge in [0.1, 0.15) is 11.6 Å². The Morgan fingerprint density at radius 2 is 2.00 bits per heavy atom. The third kappa shape index (κ3) is 2.03. The van der Waals surface area contributed by atoms with Gasteiger partial charge in [-0.1, -0.05) is 6.08 Å². The number of hydrogen-bond donors (Lipinski definition) is 0. The van der Waals surface area contributed by atoms with Crippen LogP contribution in [0.5, 0.6) is 5.75 Å². The molecule has 0 N–H and O–H groups in total. The Balaban J connectivity index is 2.26. The van der Waals surface area contributed by atoms with E-state index in [1.807, 2.05) is 0 Å². The summed E-state index contributed by atoms with van der Waals surface area (Å²) in [6, 6.07) is 2.87. The van der Waals surface area contributed by atoms with E-state index in [9.17, 15) is 13.2 Å². The number of halogens is 3. The molecule has 0 bridgehead atoms. The van der Waals surface area contributed by atoms with Crippen LogP contribution in [0.25, 0.3) is 5.57 Å². The molecule has 1 aromatic rings. The maximum atomic E-state index is 12.9. The fourth-order valence-electron chi connectivity index (χ4n) is 2.06. The predicted octanol–water partition coefficient (Wildman–Crippen LogP) is 2.14. The lowest BCUT2D eigenvalue weighted by atomic mass is 10.0. The summed E-state index contributed by atoms with van der Waals surface area (Å²) in [7, 11) is 0. The number of hydrogen-bond acceptors (Lipinski definition) is 3. The van der Waals surface area contributed by atoms with Crippen molar-refractivity contribution in [2.45, 2.75) is 13.1 Å². The van der Waals surface area contributed by atoms with Crippen molar-refractivity contribution in [3.63, 3.8) is 0 Å². The molecule has 0 saturated heterocycles. The lowest BCUT2D eigenvalue weighted by Crippen LogP contribution is -2.26. The molecule has 6 heteroatoms. The minimum atomic E-state index is -4.39. The van der Waals surface area contributed by atoms with Crippen LogP contribution in [0.2, 0.25) is 0 Å². The number of alkyl halides is 3. The molecule has 1 aromatic carbocycles. The van der Waals surface area contributed by atoms with E-state index in [0.717, 1.165) is 6.08 Å². The first-order chi connectivity index (χ1) is 8.95. The summed E-state index contributed by atoms with van der Waals surface area (Å²) < 4.78 is 44.1. The molecule has 0 fully saturated rings. The molecule has 2 aliphatic rings. The van der Waals surface area contributed by atoms with Crippen molar-refractivity contribution in [3.05, 3.63) is 46.4 Å². The molecule has 0 unspecified atom stereocenters. The maximum absolute atomic E-state index is 12.9. The smallest absolute Gasteiger partial charge is 0.416 e. The average Bonchev–Trinajstić information content (AvgIpc) is 2.34. The van der Waals surface area contributed by atoms with Gasteiger partial charge in [-0.2, -0.15) is 13.2 Å². The van der Waals surface area contributed by atoms with Crippen LogP contribution in [-0.2, 0) is 0 Å². The summed E-state index contributed by atoms with van der Waals surface area (Å²) in [4.78, 5) is 8.24. The van der Waals surface area contributed by atoms with Gasteiger partial charge in [0.15, 0.2) is 5.75 Å². The van der Waals surface area contributed by atoms with E-state index in [0.29, 0.717) is 16.8 Å². The molecule has 0 aliphatic carbocycles. The third-order valence-corrected chi connectivity index (χ3v) is 2.88. The molecule has 3 nitrogen and oxygen atoms in total. The Morgan fingerprint density at radius 1 is 1.21 bits per heavy atom. The minimum Gasteiger partial charge on any atom is -0.461 e. The highest BCUT2D eigenvalue weighted by molar-refractivity contribution is 5.70. The Labute approximate surface area is 106 Å². The van der Waals surface area contributed by atoms with E-state index < -0.39 is 11.7 Å². The standard InChI is InChI=1S/C13H9F3N2O/c1-7-6-19-12-5-10-8(4-11(12)18-7)9(2-3-17-10)13(14,15)16/h2,4-6H,3H2,1H3. The second-order valence-corrected chi connectivity index (χ2v) is 4.28. The van der Waals surface area contributed by atoms with Crippen LogP contribution in [0.1, 0.15) is 12.5 Å². The Bertz CT molecular complexity index is 729. The normalized spacial score (nSPS) is 17.1. The summed E-state index contributed by atoms with van der Waals surface area (Å²) >= 11 is 0. The van der Waals surface area contributed by atoms with E-state index in [-0.39, 0.29) is 17.5 Å². The molecule has 98 valence electrons. The van der Waals surface area contributed by atoms with Gasteiger partial charge in [0, 0.05) is 11.6 Å². The lowest BCUT2D eigenvalue weighted by molar-refractivity contribution is -0.0692. The summed E-state index contributed by atoms with van der Waals surface area (Å²) in [6.45, 7) is 1.74. The zero-order chi connectivity index (χ0) is 13.6. The van der Waals surface area contributed by atoms with E-state index in [1.54, 1.807) is 6.92 Å². The van der Waals surface area contributed by atoms with Gasteiger partial charge < -0.3 is 4.74 Å². The van der Waals surface area contributed by atoms with Gasteiger partial charge in [-0.05, 0) is 13.0 Å². The molecule has 2 aliphatic heterocycles. The average molecular weight is 266 g/mol. The Hall–Kier alpha value is -2.11. The third-order valence-electron chi connectivity index (χ3n) is 2.88. The highest BCUT2D eigenvalue weighted by atomic mass is 19.4. The van der Waals surface area contributed by atoms with E-state index in [1.165, 1.54) is 18.4 Å². The molecule has 0 radical (unpaired) electrons. The van der Waals surface area contributed by atoms with E-state index >= 15 is 0 Å². The van der Waals surface area contributed by atoms with Crippen LogP contribution in [0.3, 0.4) is 0 Å². The number of ether oxygens (including phenoxy) is 1. The topological polar surface area (TPSA) is 34.0 Å². The number of fused-ring (bicyclic) bond motifs is 2. The van der Waals surface area contributed by atoms with Crippen LogP contribution in [0, 0.1) is 0 Å². The van der Waals surface area contributed by atoms with Gasteiger partial charge in [-0.25, -0.2) is 4.99 Å². The lowest BCUT2D eigenvalue weighted by Gasteiger charge is -2.16. The zero-order valence-electron chi connectivity index (χ0n) is 9.95. The molecule has 0 saturated carbocycles. The maximum Gasteiger partial charge on any atom is 0.416 e. The van der Waals surface area contributed by atoms with Crippen molar-refractivity contribution in [1.82, 2.24) is 0 Å². The van der Waals surface area contributed by atoms with Crippen LogP contribution < -0.4 is 15.5 Å². The van der Waals surface area contributed by atoms with Crippen LogP contribution >= 0.6 is 0 Å². The monoisotopic (exact) mass is 266 g/mol. The summed E-state index contributed by atoms with van der Waals surface area (Å²) in [6.07, 6.45) is -1.85. The largest absolute Gasteiger partial charge is 0.461 e. The first-order valence-electron chi connectivity index (χ1n) is 5.63. The number of nitrogens with zero attached hydrogens (tertiary/aromatic N) is 2. The summed E-state index contributed by atoms with van der Waals surface area (Å²) in [5.74, 6) is 0.427. The summed E-state index contributed by atoms with van der Waals surface area (Å²) in [5.41, 5.74) is -0.00000685. The molecule has 3 rings (SSSR count). The number of rotatable bonds is 0. The van der Waals surface area contributed by atoms with Gasteiger partial charge in [0.25, 0.3) is 0 Å². The van der Waals surface area contributed by atoms with Crippen molar-refractivity contribution in [3.8, 4) is 5.75 Å². The van der Waals surface area contributed by atoms with Crippen molar-refractivity contribution < 1.29 is 17.9 Å². The van der Waals surface area contributed by atoms with Crippen LogP contribution in [-0.4, -0.2) is 12.7 Å². The molecule has 0 amide bonds. The quantitative estimate of drug-likeness (QED) is 0.708. The molecule has 0 atom stereocenters. The molecule has 0 aromatic heterocycles. The highest BCUT2D eigenvalue weighted by Gasteiger charge is 2.36. The Morgan fingerprint density at radius 3 is 2.74 bits per heavy atom. The van der Waals surface area contributed by atoms with E-state index in [2.05, 4.69) is 9.98 Å². The fourth-order valence-corrected chi connectivity index (χ4v) is 2.06. The van der Waals surface area contributed by atoms with Crippen molar-refractivity contribution in [2.24, 2.45) is 9.98 Å². The molecule has 19 heavy (non-hydrogen) atoms. The fraction of sp³-hybridized carbons (Fsp3) is 0.231. The minimum absolute atomic E-state index is 0.0205. The van der Waals surface area contributed by atoms with Crippen molar-refractivity contribution >= 4 is 5.57 Å². The van der Waals surface area contributed by atoms with Gasteiger partial charge in [-0.3, -0.25) is 4.99 Å². The van der Waals surface area contributed by atoms with Crippen LogP contribution in [0.15, 0.2) is 40.2 Å². The van der Waals surface area contributed by atoms with Crippen molar-refractivity contribution in [1.29, 1.82) is 0 Å². The second-order valence-electron chi connectivity index (χ2n) is 4.28. The molecule has 0 spiro atoms. The molecule has 2 heterocycles. The molecular formula is C13H9F3N2O. The highest BCUT2D eigenvalue weighted by Crippen LogP contribution is 2.33. The number of allylic oxidation sites excluding steroid dienone is 2. The zero-order valence-corrected chi connectivity index (χ0v) is 9.95. The van der Waals surface area contributed by atoms with Crippen molar-refractivity contribution in [2.75, 3.05) is 6.54 Å². The van der Waals surface area contributed by atoms with Gasteiger partial charge in [0.2, 0.25) is 0 Å². The van der Waals surface area contributed by atoms with Gasteiger partial charge in [0.05, 0.1) is 23.2 Å². The first kappa shape index (κ1) is 12.0. The van der Waals surface area contributed by atoms with Gasteiger partial charge >= 0.3 is 6.18 Å². The predicted molar refractivity (Wildman–Crippen MR) is 62.0 cm³/mol. The Kier molecular flexibility index (Phi) is 2.48. The van der Waals surface area contributed by atoms with Gasteiger partial charge in [-0.15, -0.1) is 0 Å². The second kappa shape index (κ2) is 3.94. The number of benzene rings is 1.